The molecule has 3 heteroatoms. The van der Waals surface area contributed by atoms with Crippen LogP contribution in [0.25, 0.3) is 0 Å². The molecule has 0 aliphatic carbocycles. The Kier molecular flexibility index (Phi) is 3.05. The molecule has 0 radical (unpaired) electrons. The summed E-state index contributed by atoms with van der Waals surface area (Å²) in [6, 6.07) is 12.0. The topological polar surface area (TPSA) is 40.2 Å². The van der Waals surface area contributed by atoms with Gasteiger partial charge in [-0.05, 0) is 17.2 Å². The van der Waals surface area contributed by atoms with E-state index in [1.165, 1.54) is 0 Å². The van der Waals surface area contributed by atoms with Crippen LogP contribution in [-0.2, 0) is 13.2 Å². The van der Waals surface area contributed by atoms with E-state index in [2.05, 4.69) is 0 Å². The van der Waals surface area contributed by atoms with Crippen molar-refractivity contribution in [3.05, 3.63) is 59.9 Å². The third-order valence-electron chi connectivity index (χ3n) is 2.19. The van der Waals surface area contributed by atoms with E-state index in [4.69, 9.17) is 10.6 Å². The van der Waals surface area contributed by atoms with Crippen molar-refractivity contribution >= 4 is 0 Å². The van der Waals surface area contributed by atoms with E-state index in [1.54, 1.807) is 4.73 Å². The summed E-state index contributed by atoms with van der Waals surface area (Å²) >= 11 is 0. The molecule has 2 rings (SSSR count). The van der Waals surface area contributed by atoms with Crippen molar-refractivity contribution in [2.24, 2.45) is 5.73 Å². The van der Waals surface area contributed by atoms with Crippen LogP contribution in [0.3, 0.4) is 0 Å². The molecule has 0 aliphatic rings. The van der Waals surface area contributed by atoms with Crippen LogP contribution in [0.4, 0.5) is 0 Å². The predicted octanol–water partition coefficient (Wildman–Crippen LogP) is 1.58. The fourth-order valence-corrected chi connectivity index (χ4v) is 1.34. The second-order valence-electron chi connectivity index (χ2n) is 3.34. The average Bonchev–Trinajstić information content (AvgIpc) is 2.76. The van der Waals surface area contributed by atoms with Gasteiger partial charge in [0.15, 0.2) is 0 Å². The summed E-state index contributed by atoms with van der Waals surface area (Å²) in [5, 5.41) is 0. The molecule has 0 spiro atoms. The minimum Gasteiger partial charge on any atom is -0.410 e. The van der Waals surface area contributed by atoms with Gasteiger partial charge >= 0.3 is 0 Å². The van der Waals surface area contributed by atoms with Crippen LogP contribution in [0.1, 0.15) is 11.1 Å². The van der Waals surface area contributed by atoms with Crippen LogP contribution >= 0.6 is 0 Å². The molecule has 0 bridgehead atoms. The summed E-state index contributed by atoms with van der Waals surface area (Å²) in [6.45, 7) is 1.11. The molecule has 0 atom stereocenters. The maximum atomic E-state index is 5.54. The molecule has 0 saturated heterocycles. The van der Waals surface area contributed by atoms with Gasteiger partial charge in [0, 0.05) is 18.9 Å². The molecule has 3 nitrogen and oxygen atoms in total. The molecule has 1 aromatic heterocycles. The Labute approximate surface area is 89.0 Å². The molecule has 78 valence electrons. The highest BCUT2D eigenvalue weighted by Crippen LogP contribution is 2.01. The minimum atomic E-state index is 0.543. The first kappa shape index (κ1) is 9.80. The minimum absolute atomic E-state index is 0.543. The van der Waals surface area contributed by atoms with E-state index in [-0.39, 0.29) is 0 Å². The summed E-state index contributed by atoms with van der Waals surface area (Å²) in [6.07, 6.45) is 3.76. The maximum Gasteiger partial charge on any atom is 0.140 e. The van der Waals surface area contributed by atoms with Crippen molar-refractivity contribution in [1.82, 2.24) is 4.73 Å². The monoisotopic (exact) mass is 202 g/mol. The Morgan fingerprint density at radius 2 is 1.87 bits per heavy atom. The Morgan fingerprint density at radius 1 is 1.07 bits per heavy atom. The molecule has 0 unspecified atom stereocenters. The summed E-state index contributed by atoms with van der Waals surface area (Å²) in [5.41, 5.74) is 7.73. The lowest BCUT2D eigenvalue weighted by Crippen LogP contribution is -2.08. The van der Waals surface area contributed by atoms with Crippen molar-refractivity contribution in [3.8, 4) is 0 Å². The lowest BCUT2D eigenvalue weighted by Gasteiger charge is -2.05. The number of hydrogen-bond acceptors (Lipinski definition) is 2. The van der Waals surface area contributed by atoms with Gasteiger partial charge in [-0.1, -0.05) is 30.3 Å². The quantitative estimate of drug-likeness (QED) is 0.817. The lowest BCUT2D eigenvalue weighted by atomic mass is 10.2. The summed E-state index contributed by atoms with van der Waals surface area (Å²) in [7, 11) is 0. The molecule has 2 aromatic rings. The zero-order chi connectivity index (χ0) is 10.5. The van der Waals surface area contributed by atoms with Gasteiger partial charge in [-0.25, -0.2) is 0 Å². The lowest BCUT2D eigenvalue weighted by molar-refractivity contribution is 0.0978. The first-order chi connectivity index (χ1) is 7.38. The Hall–Kier alpha value is -1.74. The number of benzene rings is 1. The second-order valence-corrected chi connectivity index (χ2v) is 3.34. The number of aromatic nitrogens is 1. The first-order valence-corrected chi connectivity index (χ1v) is 4.92. The zero-order valence-corrected chi connectivity index (χ0v) is 8.47. The average molecular weight is 202 g/mol. The molecule has 1 aromatic carbocycles. The number of nitrogens with two attached hydrogens (primary N) is 1. The third kappa shape index (κ3) is 2.60. The smallest absolute Gasteiger partial charge is 0.140 e. The first-order valence-electron chi connectivity index (χ1n) is 4.92. The van der Waals surface area contributed by atoms with Crippen LogP contribution in [0.15, 0.2) is 48.8 Å². The Balaban J connectivity index is 1.93. The molecule has 15 heavy (non-hydrogen) atoms. The van der Waals surface area contributed by atoms with Crippen molar-refractivity contribution in [3.63, 3.8) is 0 Å². The van der Waals surface area contributed by atoms with E-state index in [1.807, 2.05) is 48.8 Å². The highest BCUT2D eigenvalue weighted by molar-refractivity contribution is 5.13. The van der Waals surface area contributed by atoms with Crippen LogP contribution in [0.5, 0.6) is 0 Å². The molecule has 0 fully saturated rings. The molecular weight excluding hydrogens is 188 g/mol. The predicted molar refractivity (Wildman–Crippen MR) is 59.0 cm³/mol. The van der Waals surface area contributed by atoms with Crippen molar-refractivity contribution < 1.29 is 4.84 Å². The van der Waals surface area contributed by atoms with E-state index in [0.29, 0.717) is 13.2 Å². The Morgan fingerprint density at radius 3 is 2.53 bits per heavy atom. The third-order valence-corrected chi connectivity index (χ3v) is 2.19. The molecule has 0 aliphatic heterocycles. The van der Waals surface area contributed by atoms with E-state index < -0.39 is 0 Å². The molecule has 0 saturated carbocycles. The standard InChI is InChI=1S/C12H14N2O/c13-8-12-6-7-14(9-12)15-10-11-4-2-1-3-5-11/h1-7,9H,8,10,13H2. The van der Waals surface area contributed by atoms with Crippen LogP contribution < -0.4 is 10.6 Å². The molecular formula is C12H14N2O. The molecule has 2 N–H and O–H groups in total. The summed E-state index contributed by atoms with van der Waals surface area (Å²) in [4.78, 5) is 5.54. The number of hydrogen-bond donors (Lipinski definition) is 1. The number of rotatable bonds is 4. The van der Waals surface area contributed by atoms with Gasteiger partial charge in [0.2, 0.25) is 0 Å². The number of nitrogens with zero attached hydrogens (tertiary/aromatic N) is 1. The fourth-order valence-electron chi connectivity index (χ4n) is 1.34. The van der Waals surface area contributed by atoms with E-state index in [9.17, 15) is 0 Å². The van der Waals surface area contributed by atoms with Gasteiger partial charge in [0.25, 0.3) is 0 Å². The summed E-state index contributed by atoms with van der Waals surface area (Å²) in [5.74, 6) is 0. The van der Waals surface area contributed by atoms with Gasteiger partial charge < -0.3 is 10.6 Å². The second kappa shape index (κ2) is 4.66. The Bertz CT molecular complexity index is 409. The van der Waals surface area contributed by atoms with Crippen LogP contribution in [0.2, 0.25) is 0 Å². The zero-order valence-electron chi connectivity index (χ0n) is 8.47. The highest BCUT2D eigenvalue weighted by Gasteiger charge is 1.95. The van der Waals surface area contributed by atoms with Gasteiger partial charge in [0.1, 0.15) is 6.61 Å². The normalized spacial score (nSPS) is 10.2. The highest BCUT2D eigenvalue weighted by atomic mass is 16.7. The summed E-state index contributed by atoms with van der Waals surface area (Å²) < 4.78 is 1.69. The largest absolute Gasteiger partial charge is 0.410 e. The molecule has 0 amide bonds. The SMILES string of the molecule is NCc1ccn(OCc2ccccc2)c1. The van der Waals surface area contributed by atoms with Crippen molar-refractivity contribution in [2.75, 3.05) is 0 Å². The van der Waals surface area contributed by atoms with Crippen LogP contribution in [0, 0.1) is 0 Å². The molecule has 1 heterocycles. The van der Waals surface area contributed by atoms with E-state index >= 15 is 0 Å². The fraction of sp³-hybridized carbons (Fsp3) is 0.167. The maximum absolute atomic E-state index is 5.54. The van der Waals surface area contributed by atoms with Gasteiger partial charge in [0.05, 0.1) is 0 Å². The van der Waals surface area contributed by atoms with Crippen molar-refractivity contribution in [2.45, 2.75) is 13.2 Å². The van der Waals surface area contributed by atoms with Crippen LogP contribution in [-0.4, -0.2) is 4.73 Å². The van der Waals surface area contributed by atoms with Crippen molar-refractivity contribution in [1.29, 1.82) is 0 Å². The van der Waals surface area contributed by atoms with E-state index in [0.717, 1.165) is 11.1 Å². The van der Waals surface area contributed by atoms with Gasteiger partial charge in [-0.15, -0.1) is 0 Å². The van der Waals surface area contributed by atoms with Gasteiger partial charge in [-0.2, -0.15) is 4.73 Å². The van der Waals surface area contributed by atoms with Gasteiger partial charge in [-0.3, -0.25) is 0 Å².